The standard InChI is InChI=1S/C11H19BrN2O2S2/c1-7(2)4-9(6-13)14-18(15,16)10-5-11(12)17-8(10)3/h5,7,9,14H,4,6,13H2,1-3H3. The van der Waals surface area contributed by atoms with E-state index < -0.39 is 10.0 Å². The van der Waals surface area contributed by atoms with Gasteiger partial charge in [0.25, 0.3) is 0 Å². The lowest BCUT2D eigenvalue weighted by Gasteiger charge is -2.18. The van der Waals surface area contributed by atoms with Crippen LogP contribution in [0.1, 0.15) is 25.1 Å². The van der Waals surface area contributed by atoms with Crippen molar-refractivity contribution < 1.29 is 8.42 Å². The van der Waals surface area contributed by atoms with E-state index in [0.29, 0.717) is 17.4 Å². The first-order chi connectivity index (χ1) is 8.26. The SMILES string of the molecule is Cc1sc(Br)cc1S(=O)(=O)NC(CN)CC(C)C. The van der Waals surface area contributed by atoms with Gasteiger partial charge in [-0.1, -0.05) is 13.8 Å². The van der Waals surface area contributed by atoms with E-state index in [9.17, 15) is 8.42 Å². The third kappa shape index (κ3) is 4.31. The number of thiophene rings is 1. The van der Waals surface area contributed by atoms with Crippen molar-refractivity contribution in [2.24, 2.45) is 11.7 Å². The fourth-order valence-electron chi connectivity index (χ4n) is 1.74. The minimum atomic E-state index is -3.48. The van der Waals surface area contributed by atoms with Gasteiger partial charge >= 0.3 is 0 Å². The Bertz CT molecular complexity index is 497. The van der Waals surface area contributed by atoms with Crippen molar-refractivity contribution in [3.05, 3.63) is 14.7 Å². The summed E-state index contributed by atoms with van der Waals surface area (Å²) in [4.78, 5) is 1.11. The molecule has 0 radical (unpaired) electrons. The van der Waals surface area contributed by atoms with Gasteiger partial charge in [0, 0.05) is 17.5 Å². The summed E-state index contributed by atoms with van der Waals surface area (Å²) in [5.74, 6) is 0.400. The molecule has 18 heavy (non-hydrogen) atoms. The van der Waals surface area contributed by atoms with Gasteiger partial charge in [-0.05, 0) is 41.3 Å². The van der Waals surface area contributed by atoms with Crippen LogP contribution in [0.3, 0.4) is 0 Å². The quantitative estimate of drug-likeness (QED) is 0.823. The van der Waals surface area contributed by atoms with Crippen molar-refractivity contribution >= 4 is 37.3 Å². The molecular formula is C11H19BrN2O2S2. The molecule has 3 N–H and O–H groups in total. The number of halogens is 1. The highest BCUT2D eigenvalue weighted by Crippen LogP contribution is 2.29. The third-order valence-electron chi connectivity index (χ3n) is 2.49. The lowest BCUT2D eigenvalue weighted by molar-refractivity contribution is 0.465. The molecule has 1 atom stereocenters. The van der Waals surface area contributed by atoms with E-state index in [4.69, 9.17) is 5.73 Å². The van der Waals surface area contributed by atoms with Crippen LogP contribution < -0.4 is 10.5 Å². The maximum absolute atomic E-state index is 12.2. The van der Waals surface area contributed by atoms with Crippen molar-refractivity contribution in [1.29, 1.82) is 0 Å². The molecule has 4 nitrogen and oxygen atoms in total. The fraction of sp³-hybridized carbons (Fsp3) is 0.636. The number of aryl methyl sites for hydroxylation is 1. The first kappa shape index (κ1) is 16.1. The Hall–Kier alpha value is 0.0500. The molecule has 1 unspecified atom stereocenters. The maximum atomic E-state index is 12.2. The number of rotatable bonds is 6. The van der Waals surface area contributed by atoms with Gasteiger partial charge in [0.15, 0.2) is 0 Å². The molecule has 0 fully saturated rings. The van der Waals surface area contributed by atoms with Crippen LogP contribution in [0.2, 0.25) is 0 Å². The predicted octanol–water partition coefficient (Wildman–Crippen LogP) is 2.47. The third-order valence-corrected chi connectivity index (χ3v) is 5.82. The molecule has 1 aromatic rings. The minimum Gasteiger partial charge on any atom is -0.329 e. The number of sulfonamides is 1. The molecule has 7 heteroatoms. The Morgan fingerprint density at radius 2 is 2.11 bits per heavy atom. The molecule has 1 aromatic heterocycles. The molecule has 0 aromatic carbocycles. The normalized spacial score (nSPS) is 14.1. The van der Waals surface area contributed by atoms with Gasteiger partial charge in [0.1, 0.15) is 0 Å². The molecule has 0 spiro atoms. The highest BCUT2D eigenvalue weighted by molar-refractivity contribution is 9.11. The van der Waals surface area contributed by atoms with E-state index in [2.05, 4.69) is 20.7 Å². The second-order valence-electron chi connectivity index (χ2n) is 4.65. The summed E-state index contributed by atoms with van der Waals surface area (Å²) in [6.45, 7) is 6.19. The van der Waals surface area contributed by atoms with Gasteiger partial charge in [0.05, 0.1) is 8.68 Å². The molecule has 1 rings (SSSR count). The van der Waals surface area contributed by atoms with E-state index in [1.54, 1.807) is 13.0 Å². The van der Waals surface area contributed by atoms with E-state index in [1.165, 1.54) is 11.3 Å². The smallest absolute Gasteiger partial charge is 0.241 e. The first-order valence-corrected chi connectivity index (χ1v) is 8.84. The summed E-state index contributed by atoms with van der Waals surface area (Å²) in [6.07, 6.45) is 0.736. The molecule has 0 aliphatic rings. The van der Waals surface area contributed by atoms with Gasteiger partial charge in [0.2, 0.25) is 10.0 Å². The van der Waals surface area contributed by atoms with Crippen molar-refractivity contribution in [2.45, 2.75) is 38.1 Å². The Morgan fingerprint density at radius 3 is 2.50 bits per heavy atom. The van der Waals surface area contributed by atoms with Gasteiger partial charge in [-0.3, -0.25) is 0 Å². The number of nitrogens with one attached hydrogen (secondary N) is 1. The fourth-order valence-corrected chi connectivity index (χ4v) is 5.42. The largest absolute Gasteiger partial charge is 0.329 e. The summed E-state index contributed by atoms with van der Waals surface area (Å²) >= 11 is 4.71. The Labute approximate surface area is 121 Å². The van der Waals surface area contributed by atoms with Crippen LogP contribution in [0.5, 0.6) is 0 Å². The molecule has 0 saturated carbocycles. The van der Waals surface area contributed by atoms with Crippen molar-refractivity contribution in [3.8, 4) is 0 Å². The predicted molar refractivity (Wildman–Crippen MR) is 79.4 cm³/mol. The van der Waals surface area contributed by atoms with E-state index >= 15 is 0 Å². The van der Waals surface area contributed by atoms with Crippen LogP contribution in [0.4, 0.5) is 0 Å². The van der Waals surface area contributed by atoms with Gasteiger partial charge < -0.3 is 5.73 Å². The molecule has 0 saturated heterocycles. The molecule has 0 bridgehead atoms. The summed E-state index contributed by atoms with van der Waals surface area (Å²) < 4.78 is 28.0. The molecule has 0 aliphatic carbocycles. The monoisotopic (exact) mass is 354 g/mol. The zero-order valence-electron chi connectivity index (χ0n) is 10.7. The van der Waals surface area contributed by atoms with Crippen LogP contribution in [0, 0.1) is 12.8 Å². The second kappa shape index (κ2) is 6.47. The Kier molecular flexibility index (Phi) is 5.79. The molecule has 104 valence electrons. The van der Waals surface area contributed by atoms with Crippen LogP contribution >= 0.6 is 27.3 Å². The zero-order valence-corrected chi connectivity index (χ0v) is 14.0. The number of nitrogens with two attached hydrogens (primary N) is 1. The summed E-state index contributed by atoms with van der Waals surface area (Å²) in [5.41, 5.74) is 5.62. The van der Waals surface area contributed by atoms with Gasteiger partial charge in [-0.15, -0.1) is 11.3 Å². The minimum absolute atomic E-state index is 0.215. The molecule has 0 amide bonds. The average molecular weight is 355 g/mol. The lowest BCUT2D eigenvalue weighted by Crippen LogP contribution is -2.41. The van der Waals surface area contributed by atoms with E-state index in [-0.39, 0.29) is 6.04 Å². The highest BCUT2D eigenvalue weighted by atomic mass is 79.9. The lowest BCUT2D eigenvalue weighted by atomic mass is 10.1. The topological polar surface area (TPSA) is 72.2 Å². The number of hydrogen-bond acceptors (Lipinski definition) is 4. The van der Waals surface area contributed by atoms with Crippen LogP contribution in [-0.4, -0.2) is 21.0 Å². The van der Waals surface area contributed by atoms with Crippen LogP contribution in [0.25, 0.3) is 0 Å². The molecule has 0 aliphatic heterocycles. The van der Waals surface area contributed by atoms with Crippen LogP contribution in [-0.2, 0) is 10.0 Å². The van der Waals surface area contributed by atoms with Gasteiger partial charge in [-0.25, -0.2) is 13.1 Å². The number of hydrogen-bond donors (Lipinski definition) is 2. The Balaban J connectivity index is 2.90. The van der Waals surface area contributed by atoms with E-state index in [1.807, 2.05) is 13.8 Å². The average Bonchev–Trinajstić information content (AvgIpc) is 2.56. The summed E-state index contributed by atoms with van der Waals surface area (Å²) in [6, 6.07) is 1.42. The highest BCUT2D eigenvalue weighted by Gasteiger charge is 2.23. The first-order valence-electron chi connectivity index (χ1n) is 5.74. The van der Waals surface area contributed by atoms with Gasteiger partial charge in [-0.2, -0.15) is 0 Å². The second-order valence-corrected chi connectivity index (χ2v) is 8.97. The zero-order chi connectivity index (χ0) is 13.9. The van der Waals surface area contributed by atoms with Crippen LogP contribution in [0.15, 0.2) is 14.7 Å². The maximum Gasteiger partial charge on any atom is 0.241 e. The van der Waals surface area contributed by atoms with Crippen molar-refractivity contribution in [2.75, 3.05) is 6.54 Å². The van der Waals surface area contributed by atoms with E-state index in [0.717, 1.165) is 15.1 Å². The summed E-state index contributed by atoms with van der Waals surface area (Å²) in [7, 11) is -3.48. The van der Waals surface area contributed by atoms with Crippen molar-refractivity contribution in [3.63, 3.8) is 0 Å². The van der Waals surface area contributed by atoms with Crippen molar-refractivity contribution in [1.82, 2.24) is 4.72 Å². The molecule has 1 heterocycles. The molecular weight excluding hydrogens is 336 g/mol. The summed E-state index contributed by atoms with van der Waals surface area (Å²) in [5, 5.41) is 0. The Morgan fingerprint density at radius 1 is 1.50 bits per heavy atom.